The highest BCUT2D eigenvalue weighted by Crippen LogP contribution is 2.43. The molecule has 0 amide bonds. The summed E-state index contributed by atoms with van der Waals surface area (Å²) in [4.78, 5) is 35.4. The minimum Gasteiger partial charge on any atom is -0.462 e. The van der Waals surface area contributed by atoms with Crippen molar-refractivity contribution in [3.8, 4) is 0 Å². The van der Waals surface area contributed by atoms with Crippen molar-refractivity contribution in [1.29, 1.82) is 0 Å². The summed E-state index contributed by atoms with van der Waals surface area (Å²) in [5.74, 6) is -0.808. The summed E-state index contributed by atoms with van der Waals surface area (Å²) in [5, 5.41) is 0. The molecule has 0 aromatic rings. The Kier molecular flexibility index (Phi) is 37.9. The average Bonchev–Trinajstić information content (AvgIpc) is 3.15. The summed E-state index contributed by atoms with van der Waals surface area (Å²) in [7, 11) is 1.47. The van der Waals surface area contributed by atoms with Crippen molar-refractivity contribution in [3.05, 3.63) is 24.3 Å². The highest BCUT2D eigenvalue weighted by atomic mass is 31.2. The molecule has 1 unspecified atom stereocenters. The zero-order chi connectivity index (χ0) is 41.4. The molecule has 0 spiro atoms. The van der Waals surface area contributed by atoms with Gasteiger partial charge in [-0.1, -0.05) is 154 Å². The first-order valence-electron chi connectivity index (χ1n) is 23.1. The third-order valence-corrected chi connectivity index (χ3v) is 10.9. The van der Waals surface area contributed by atoms with Gasteiger partial charge < -0.3 is 18.9 Å². The minimum atomic E-state index is -4.38. The van der Waals surface area contributed by atoms with Crippen molar-refractivity contribution < 1.29 is 42.1 Å². The molecule has 56 heavy (non-hydrogen) atoms. The van der Waals surface area contributed by atoms with Crippen molar-refractivity contribution in [1.82, 2.24) is 0 Å². The normalized spacial score (nSPS) is 13.8. The van der Waals surface area contributed by atoms with Crippen LogP contribution in [0, 0.1) is 0 Å². The van der Waals surface area contributed by atoms with Gasteiger partial charge in [-0.2, -0.15) is 0 Å². The van der Waals surface area contributed by atoms with Crippen LogP contribution in [-0.2, 0) is 32.7 Å². The fourth-order valence-electron chi connectivity index (χ4n) is 6.30. The lowest BCUT2D eigenvalue weighted by molar-refractivity contribution is -0.870. The van der Waals surface area contributed by atoms with E-state index in [0.717, 1.165) is 64.2 Å². The summed E-state index contributed by atoms with van der Waals surface area (Å²) in [6.45, 7) is 4.41. The molecule has 0 rings (SSSR count). The molecule has 0 saturated heterocycles. The molecule has 2 atom stereocenters. The predicted octanol–water partition coefficient (Wildman–Crippen LogP) is 13.1. The van der Waals surface area contributed by atoms with Gasteiger partial charge in [-0.15, -0.1) is 0 Å². The number of hydrogen-bond donors (Lipinski definition) is 1. The molecule has 0 aliphatic carbocycles. The van der Waals surface area contributed by atoms with Crippen LogP contribution >= 0.6 is 7.82 Å². The summed E-state index contributed by atoms with van der Waals surface area (Å²) in [6.07, 6.45) is 42.2. The second-order valence-electron chi connectivity index (χ2n) is 16.8. The number of unbranched alkanes of at least 4 members (excludes halogenated alkanes) is 24. The Morgan fingerprint density at radius 1 is 0.536 bits per heavy atom. The molecular weight excluding hydrogens is 725 g/mol. The fraction of sp³-hybridized carbons (Fsp3) is 0.870. The molecular formula is C46H89NO8P+. The van der Waals surface area contributed by atoms with E-state index in [1.54, 1.807) is 0 Å². The maximum Gasteiger partial charge on any atom is 0.472 e. The minimum absolute atomic E-state index is 0.0308. The van der Waals surface area contributed by atoms with E-state index in [2.05, 4.69) is 38.2 Å². The van der Waals surface area contributed by atoms with Crippen molar-refractivity contribution in [3.63, 3.8) is 0 Å². The van der Waals surface area contributed by atoms with Crippen molar-refractivity contribution >= 4 is 19.8 Å². The Morgan fingerprint density at radius 3 is 1.32 bits per heavy atom. The topological polar surface area (TPSA) is 108 Å². The number of ether oxygens (including phenoxy) is 2. The molecule has 0 bridgehead atoms. The number of likely N-dealkylation sites (N-methyl/N-ethyl adjacent to an activating group) is 1. The number of phosphoric acid groups is 1. The van der Waals surface area contributed by atoms with E-state index in [0.29, 0.717) is 17.4 Å². The molecule has 0 aliphatic heterocycles. The number of quaternary nitrogens is 1. The van der Waals surface area contributed by atoms with Gasteiger partial charge >= 0.3 is 19.8 Å². The van der Waals surface area contributed by atoms with Crippen molar-refractivity contribution in [2.75, 3.05) is 47.5 Å². The Labute approximate surface area is 345 Å². The summed E-state index contributed by atoms with van der Waals surface area (Å²) in [6, 6.07) is 0. The Balaban J connectivity index is 4.34. The van der Waals surface area contributed by atoms with Gasteiger partial charge in [-0.3, -0.25) is 18.6 Å². The Morgan fingerprint density at radius 2 is 0.911 bits per heavy atom. The predicted molar refractivity (Wildman–Crippen MR) is 234 cm³/mol. The second kappa shape index (κ2) is 39.0. The summed E-state index contributed by atoms with van der Waals surface area (Å²) >= 11 is 0. The van der Waals surface area contributed by atoms with Gasteiger partial charge in [0.1, 0.15) is 19.8 Å². The molecule has 9 nitrogen and oxygen atoms in total. The maximum absolute atomic E-state index is 12.7. The molecule has 0 saturated carbocycles. The van der Waals surface area contributed by atoms with Crippen LogP contribution in [0.3, 0.4) is 0 Å². The van der Waals surface area contributed by atoms with E-state index in [4.69, 9.17) is 18.5 Å². The highest BCUT2D eigenvalue weighted by molar-refractivity contribution is 7.47. The van der Waals surface area contributed by atoms with E-state index in [9.17, 15) is 19.0 Å². The third kappa shape index (κ3) is 42.1. The van der Waals surface area contributed by atoms with Crippen LogP contribution in [0.1, 0.15) is 206 Å². The molecule has 0 aromatic carbocycles. The lowest BCUT2D eigenvalue weighted by Crippen LogP contribution is -2.37. The first kappa shape index (κ1) is 54.5. The van der Waals surface area contributed by atoms with Crippen LogP contribution in [0.15, 0.2) is 24.3 Å². The van der Waals surface area contributed by atoms with Gasteiger partial charge in [0.15, 0.2) is 6.10 Å². The first-order chi connectivity index (χ1) is 27.0. The van der Waals surface area contributed by atoms with Gasteiger partial charge in [0.05, 0.1) is 27.7 Å². The summed E-state index contributed by atoms with van der Waals surface area (Å²) < 4.78 is 34.3. The number of carbonyl (C=O) groups excluding carboxylic acids is 2. The Hall–Kier alpha value is -1.51. The van der Waals surface area contributed by atoms with Crippen molar-refractivity contribution in [2.45, 2.75) is 213 Å². The van der Waals surface area contributed by atoms with Crippen molar-refractivity contribution in [2.24, 2.45) is 0 Å². The molecule has 0 radical (unpaired) electrons. The average molecular weight is 815 g/mol. The quantitative estimate of drug-likeness (QED) is 0.0213. The van der Waals surface area contributed by atoms with Crippen LogP contribution < -0.4 is 0 Å². The second-order valence-corrected chi connectivity index (χ2v) is 18.2. The zero-order valence-corrected chi connectivity index (χ0v) is 38.0. The van der Waals surface area contributed by atoms with Crippen LogP contribution in [-0.4, -0.2) is 74.9 Å². The highest BCUT2D eigenvalue weighted by Gasteiger charge is 2.27. The van der Waals surface area contributed by atoms with Gasteiger partial charge in [-0.25, -0.2) is 4.57 Å². The van der Waals surface area contributed by atoms with Gasteiger partial charge in [0.25, 0.3) is 0 Å². The Bertz CT molecular complexity index is 1010. The number of phosphoric ester groups is 1. The molecule has 0 fully saturated rings. The molecule has 0 heterocycles. The zero-order valence-electron chi connectivity index (χ0n) is 37.1. The molecule has 10 heteroatoms. The van der Waals surface area contributed by atoms with E-state index in [1.807, 2.05) is 21.1 Å². The van der Waals surface area contributed by atoms with E-state index < -0.39 is 26.5 Å². The number of nitrogens with zero attached hydrogens (tertiary/aromatic N) is 1. The molecule has 1 N–H and O–H groups in total. The first-order valence-corrected chi connectivity index (χ1v) is 24.6. The maximum atomic E-state index is 12.7. The molecule has 0 aromatic heterocycles. The number of carbonyl (C=O) groups is 2. The van der Waals surface area contributed by atoms with Crippen LogP contribution in [0.25, 0.3) is 0 Å². The SMILES string of the molecule is CCCCCCCC/C=C/CCCCCCCCCC(=O)O[C@H](COC(=O)CCCCCCC/C=C/CCCCCCCC)COP(=O)(O)OCC[N+](C)(C)C. The lowest BCUT2D eigenvalue weighted by Gasteiger charge is -2.24. The van der Waals surface area contributed by atoms with Crippen LogP contribution in [0.4, 0.5) is 0 Å². The third-order valence-electron chi connectivity index (χ3n) is 9.95. The van der Waals surface area contributed by atoms with E-state index in [1.165, 1.54) is 109 Å². The van der Waals surface area contributed by atoms with Gasteiger partial charge in [0, 0.05) is 12.8 Å². The monoisotopic (exact) mass is 815 g/mol. The number of esters is 2. The lowest BCUT2D eigenvalue weighted by atomic mass is 10.1. The molecule has 0 aliphatic rings. The fourth-order valence-corrected chi connectivity index (χ4v) is 7.04. The molecule has 330 valence electrons. The number of rotatable bonds is 42. The summed E-state index contributed by atoms with van der Waals surface area (Å²) in [5.41, 5.74) is 0. The van der Waals surface area contributed by atoms with E-state index in [-0.39, 0.29) is 32.0 Å². The standard InChI is InChI=1S/C46H88NO8P/c1-6-8-10-12-14-16-18-20-22-23-25-27-29-31-33-35-37-39-46(49)55-44(43-54-56(50,51)53-41-40-47(3,4)5)42-52-45(48)38-36-34-32-30-28-26-24-21-19-17-15-13-11-9-7-2/h20-22,24,44H,6-19,23,25-43H2,1-5H3/p+1/b22-20+,24-21+/t44-/m1/s1. The van der Waals surface area contributed by atoms with Gasteiger partial charge in [0.2, 0.25) is 0 Å². The largest absolute Gasteiger partial charge is 0.472 e. The number of allylic oxidation sites excluding steroid dienone is 4. The van der Waals surface area contributed by atoms with Gasteiger partial charge in [-0.05, 0) is 64.2 Å². The van der Waals surface area contributed by atoms with Crippen LogP contribution in [0.5, 0.6) is 0 Å². The smallest absolute Gasteiger partial charge is 0.462 e. The van der Waals surface area contributed by atoms with Crippen LogP contribution in [0.2, 0.25) is 0 Å². The number of hydrogen-bond acceptors (Lipinski definition) is 7. The van der Waals surface area contributed by atoms with E-state index >= 15 is 0 Å².